The third-order valence-electron chi connectivity index (χ3n) is 4.44. The van der Waals surface area contributed by atoms with Crippen molar-refractivity contribution in [2.24, 2.45) is 0 Å². The number of hydrogen-bond donors (Lipinski definition) is 2. The Hall–Kier alpha value is -1.59. The quantitative estimate of drug-likeness (QED) is 0.834. The van der Waals surface area contributed by atoms with Crippen LogP contribution in [0.25, 0.3) is 0 Å². The monoisotopic (exact) mass is 291 g/mol. The van der Waals surface area contributed by atoms with Crippen molar-refractivity contribution in [1.82, 2.24) is 4.90 Å². The zero-order valence-corrected chi connectivity index (χ0v) is 12.0. The van der Waals surface area contributed by atoms with E-state index in [1.165, 1.54) is 0 Å². The second-order valence-electron chi connectivity index (χ2n) is 6.02. The summed E-state index contributed by atoms with van der Waals surface area (Å²) in [7, 11) is 0. The Morgan fingerprint density at radius 2 is 2.14 bits per heavy atom. The van der Waals surface area contributed by atoms with Gasteiger partial charge < -0.3 is 14.9 Å². The van der Waals surface area contributed by atoms with Crippen molar-refractivity contribution in [1.29, 1.82) is 0 Å². The van der Waals surface area contributed by atoms with Crippen LogP contribution in [0.15, 0.2) is 24.3 Å². The van der Waals surface area contributed by atoms with Gasteiger partial charge in [0.1, 0.15) is 5.75 Å². The maximum Gasteiger partial charge on any atom is 0.341 e. The number of nitrogens with zero attached hydrogens (tertiary/aromatic N) is 1. The van der Waals surface area contributed by atoms with E-state index in [2.05, 4.69) is 4.90 Å². The van der Waals surface area contributed by atoms with Crippen LogP contribution < -0.4 is 4.74 Å². The van der Waals surface area contributed by atoms with Crippen LogP contribution >= 0.6 is 0 Å². The van der Waals surface area contributed by atoms with Gasteiger partial charge in [-0.25, -0.2) is 4.79 Å². The number of aliphatic hydroxyl groups is 1. The first kappa shape index (κ1) is 14.4. The van der Waals surface area contributed by atoms with Crippen LogP contribution in [0, 0.1) is 0 Å². The molecular weight excluding hydrogens is 270 g/mol. The van der Waals surface area contributed by atoms with Crippen LogP contribution in [0.3, 0.4) is 0 Å². The molecule has 0 amide bonds. The van der Waals surface area contributed by atoms with E-state index in [1.807, 2.05) is 18.2 Å². The van der Waals surface area contributed by atoms with E-state index < -0.39 is 11.6 Å². The van der Waals surface area contributed by atoms with Crippen molar-refractivity contribution in [2.45, 2.75) is 43.9 Å². The minimum Gasteiger partial charge on any atom is -0.482 e. The van der Waals surface area contributed by atoms with Crippen LogP contribution in [0.5, 0.6) is 5.75 Å². The molecule has 0 radical (unpaired) electrons. The van der Waals surface area contributed by atoms with Gasteiger partial charge in [0.05, 0.1) is 5.60 Å². The molecular formula is C16H21NO4. The van der Waals surface area contributed by atoms with Gasteiger partial charge in [-0.1, -0.05) is 18.2 Å². The molecule has 114 valence electrons. The summed E-state index contributed by atoms with van der Waals surface area (Å²) in [5, 5.41) is 19.1. The molecule has 0 spiro atoms. The van der Waals surface area contributed by atoms with E-state index in [9.17, 15) is 9.90 Å². The summed E-state index contributed by atoms with van der Waals surface area (Å²) in [6.07, 6.45) is 3.93. The van der Waals surface area contributed by atoms with Crippen LogP contribution in [-0.4, -0.2) is 45.9 Å². The Bertz CT molecular complexity index is 527. The molecule has 2 aliphatic rings. The van der Waals surface area contributed by atoms with E-state index in [0.717, 1.165) is 37.8 Å². The second-order valence-corrected chi connectivity index (χ2v) is 6.02. The van der Waals surface area contributed by atoms with E-state index in [1.54, 1.807) is 6.07 Å². The highest BCUT2D eigenvalue weighted by Crippen LogP contribution is 2.45. The maximum absolute atomic E-state index is 10.7. The van der Waals surface area contributed by atoms with Crippen molar-refractivity contribution >= 4 is 5.97 Å². The van der Waals surface area contributed by atoms with Crippen molar-refractivity contribution in [3.63, 3.8) is 0 Å². The standard InChI is InChI=1S/C16H21NO4/c18-15(19)11-21-13-5-2-1-4-12(13)10-17-9-3-6-14(17)16(20)7-8-16/h1-2,4-5,14,20H,3,6-11H2,(H,18,19). The summed E-state index contributed by atoms with van der Waals surface area (Å²) in [5.41, 5.74) is 0.489. The van der Waals surface area contributed by atoms with Crippen molar-refractivity contribution < 1.29 is 19.7 Å². The molecule has 1 heterocycles. The van der Waals surface area contributed by atoms with Gasteiger partial charge in [-0.2, -0.15) is 0 Å². The molecule has 21 heavy (non-hydrogen) atoms. The first-order valence-corrected chi connectivity index (χ1v) is 7.47. The van der Waals surface area contributed by atoms with Crippen LogP contribution in [0.1, 0.15) is 31.2 Å². The molecule has 3 rings (SSSR count). The average Bonchev–Trinajstić information content (AvgIpc) is 3.02. The number of likely N-dealkylation sites (tertiary alicyclic amines) is 1. The highest BCUT2D eigenvalue weighted by atomic mass is 16.5. The van der Waals surface area contributed by atoms with Gasteiger partial charge in [0.2, 0.25) is 0 Å². The summed E-state index contributed by atoms with van der Waals surface area (Å²) >= 11 is 0. The number of hydrogen-bond acceptors (Lipinski definition) is 4. The zero-order chi connectivity index (χ0) is 14.9. The summed E-state index contributed by atoms with van der Waals surface area (Å²) in [6.45, 7) is 1.34. The number of carboxylic acid groups (broad SMARTS) is 1. The summed E-state index contributed by atoms with van der Waals surface area (Å²) in [5.74, 6) is -0.357. The number of carbonyl (C=O) groups is 1. The number of carboxylic acids is 1. The third kappa shape index (κ3) is 3.19. The van der Waals surface area contributed by atoms with E-state index in [-0.39, 0.29) is 12.6 Å². The number of para-hydroxylation sites is 1. The van der Waals surface area contributed by atoms with Gasteiger partial charge in [-0.3, -0.25) is 4.90 Å². The summed E-state index contributed by atoms with van der Waals surface area (Å²) in [4.78, 5) is 13.0. The predicted octanol–water partition coefficient (Wildman–Crippen LogP) is 1.64. The average molecular weight is 291 g/mol. The largest absolute Gasteiger partial charge is 0.482 e. The maximum atomic E-state index is 10.7. The Morgan fingerprint density at radius 3 is 2.86 bits per heavy atom. The molecule has 1 aromatic rings. The van der Waals surface area contributed by atoms with Gasteiger partial charge in [0, 0.05) is 18.2 Å². The van der Waals surface area contributed by atoms with Crippen molar-refractivity contribution in [2.75, 3.05) is 13.2 Å². The molecule has 1 aromatic carbocycles. The third-order valence-corrected chi connectivity index (χ3v) is 4.44. The molecule has 0 aromatic heterocycles. The lowest BCUT2D eigenvalue weighted by molar-refractivity contribution is -0.139. The van der Waals surface area contributed by atoms with Crippen molar-refractivity contribution in [3.05, 3.63) is 29.8 Å². The van der Waals surface area contributed by atoms with E-state index >= 15 is 0 Å². The molecule has 0 bridgehead atoms. The Balaban J connectivity index is 1.70. The van der Waals surface area contributed by atoms with Crippen LogP contribution in [0.4, 0.5) is 0 Å². The molecule has 1 aliphatic carbocycles. The minimum atomic E-state index is -0.976. The minimum absolute atomic E-state index is 0.227. The summed E-state index contributed by atoms with van der Waals surface area (Å²) < 4.78 is 5.36. The van der Waals surface area contributed by atoms with E-state index in [0.29, 0.717) is 12.3 Å². The molecule has 1 unspecified atom stereocenters. The lowest BCUT2D eigenvalue weighted by atomic mass is 10.1. The first-order chi connectivity index (χ1) is 10.1. The van der Waals surface area contributed by atoms with Crippen LogP contribution in [0.2, 0.25) is 0 Å². The molecule has 2 fully saturated rings. The normalized spacial score (nSPS) is 24.0. The number of ether oxygens (including phenoxy) is 1. The topological polar surface area (TPSA) is 70.0 Å². The Kier molecular flexibility index (Phi) is 3.87. The number of aliphatic carboxylic acids is 1. The Morgan fingerprint density at radius 1 is 1.38 bits per heavy atom. The molecule has 5 heteroatoms. The van der Waals surface area contributed by atoms with Gasteiger partial charge >= 0.3 is 5.97 Å². The molecule has 5 nitrogen and oxygen atoms in total. The fourth-order valence-electron chi connectivity index (χ4n) is 3.22. The number of benzene rings is 1. The fourth-order valence-corrected chi connectivity index (χ4v) is 3.22. The van der Waals surface area contributed by atoms with Gasteiger partial charge in [0.25, 0.3) is 0 Å². The highest BCUT2D eigenvalue weighted by Gasteiger charge is 2.51. The molecule has 1 atom stereocenters. The van der Waals surface area contributed by atoms with Crippen LogP contribution in [-0.2, 0) is 11.3 Å². The van der Waals surface area contributed by atoms with Gasteiger partial charge in [0.15, 0.2) is 6.61 Å². The fraction of sp³-hybridized carbons (Fsp3) is 0.562. The first-order valence-electron chi connectivity index (χ1n) is 7.47. The SMILES string of the molecule is O=C(O)COc1ccccc1CN1CCCC1C1(O)CC1. The second kappa shape index (κ2) is 5.66. The molecule has 1 aliphatic heterocycles. The Labute approximate surface area is 124 Å². The van der Waals surface area contributed by atoms with E-state index in [4.69, 9.17) is 9.84 Å². The molecule has 1 saturated heterocycles. The highest BCUT2D eigenvalue weighted by molar-refractivity contribution is 5.68. The van der Waals surface area contributed by atoms with Gasteiger partial charge in [-0.15, -0.1) is 0 Å². The smallest absolute Gasteiger partial charge is 0.341 e. The lowest BCUT2D eigenvalue weighted by Gasteiger charge is -2.29. The van der Waals surface area contributed by atoms with Crippen molar-refractivity contribution in [3.8, 4) is 5.75 Å². The molecule has 1 saturated carbocycles. The summed E-state index contributed by atoms with van der Waals surface area (Å²) in [6, 6.07) is 7.76. The number of rotatable bonds is 6. The molecule has 2 N–H and O–H groups in total. The zero-order valence-electron chi connectivity index (χ0n) is 12.0. The van der Waals surface area contributed by atoms with Gasteiger partial charge in [-0.05, 0) is 38.3 Å². The predicted molar refractivity (Wildman–Crippen MR) is 77.2 cm³/mol. The lowest BCUT2D eigenvalue weighted by Crippen LogP contribution is -2.40.